The Labute approximate surface area is 242 Å². The van der Waals surface area contributed by atoms with Crippen LogP contribution in [0.1, 0.15) is 42.2 Å². The van der Waals surface area contributed by atoms with Crippen LogP contribution >= 0.6 is 0 Å². The zero-order valence-electron chi connectivity index (χ0n) is 21.6. The van der Waals surface area contributed by atoms with E-state index in [0.717, 1.165) is 0 Å². The molecule has 40 heavy (non-hydrogen) atoms. The minimum Gasteiger partial charge on any atom is -0.397 e. The number of rotatable bonds is 4. The van der Waals surface area contributed by atoms with Gasteiger partial charge in [0.15, 0.2) is 5.69 Å². The van der Waals surface area contributed by atoms with Crippen LogP contribution in [0.3, 0.4) is 0 Å². The second-order valence-electron chi connectivity index (χ2n) is 9.37. The van der Waals surface area contributed by atoms with Crippen LogP contribution < -0.4 is 0 Å². The Morgan fingerprint density at radius 2 is 1.35 bits per heavy atom. The number of hydrogen-bond donors (Lipinski definition) is 0. The number of imidazole rings is 2. The summed E-state index contributed by atoms with van der Waals surface area (Å²) in [6.45, 7) is 15.3. The van der Waals surface area contributed by atoms with Crippen LogP contribution in [0, 0.1) is 44.4 Å². The minimum atomic E-state index is -0.820. The van der Waals surface area contributed by atoms with E-state index < -0.39 is 5.41 Å². The number of fused-ring (bicyclic) bond motifs is 2. The zero-order valence-corrected chi connectivity index (χ0v) is 23.9. The molecule has 0 aliphatic rings. The second-order valence-corrected chi connectivity index (χ2v) is 9.37. The molecule has 0 saturated heterocycles. The van der Waals surface area contributed by atoms with Crippen molar-refractivity contribution in [2.75, 3.05) is 0 Å². The van der Waals surface area contributed by atoms with E-state index in [1.807, 2.05) is 27.7 Å². The predicted octanol–water partition coefficient (Wildman–Crippen LogP) is 3.70. The van der Waals surface area contributed by atoms with Gasteiger partial charge in [-0.15, -0.1) is 0 Å². The van der Waals surface area contributed by atoms with E-state index >= 15 is 0 Å². The summed E-state index contributed by atoms with van der Waals surface area (Å²) in [5.41, 5.74) is 4.78. The van der Waals surface area contributed by atoms with Crippen molar-refractivity contribution in [2.45, 2.75) is 33.1 Å². The van der Waals surface area contributed by atoms with Gasteiger partial charge in [0, 0.05) is 74.6 Å². The SMILES string of the molecule is [C-]#[N+]c1cc(-n2[c-]nc3c(C)ncnc32)nc(C(C)(C)c2cc(C#N)cc(-n3[c-]nc4c(C)ncnc43)n2)c1.[Pt+2]. The Morgan fingerprint density at radius 3 is 1.88 bits per heavy atom. The van der Waals surface area contributed by atoms with Gasteiger partial charge in [0.1, 0.15) is 12.7 Å². The molecule has 0 spiro atoms. The number of aryl methyl sites for hydroxylation is 2. The van der Waals surface area contributed by atoms with Crippen molar-refractivity contribution in [1.82, 2.24) is 49.0 Å². The van der Waals surface area contributed by atoms with Gasteiger partial charge in [0.2, 0.25) is 0 Å². The molecule has 13 heteroatoms. The molecule has 0 fully saturated rings. The first kappa shape index (κ1) is 26.7. The van der Waals surface area contributed by atoms with Crippen LogP contribution in [0.15, 0.2) is 36.9 Å². The first-order valence-electron chi connectivity index (χ1n) is 11.8. The van der Waals surface area contributed by atoms with Crippen LogP contribution in [0.5, 0.6) is 0 Å². The molecule has 0 amide bonds. The molecule has 0 atom stereocenters. The molecule has 6 rings (SSSR count). The van der Waals surface area contributed by atoms with E-state index in [0.29, 0.717) is 68.0 Å². The fraction of sp³-hybridized carbons (Fsp3) is 0.185. The summed E-state index contributed by atoms with van der Waals surface area (Å²) in [6, 6.07) is 8.94. The molecule has 6 heterocycles. The molecular formula is C27H18N12Pt. The summed E-state index contributed by atoms with van der Waals surface area (Å²) in [4.78, 5) is 39.1. The van der Waals surface area contributed by atoms with Crippen LogP contribution in [0.4, 0.5) is 5.69 Å². The summed E-state index contributed by atoms with van der Waals surface area (Å²) in [6.07, 6.45) is 8.75. The third-order valence-corrected chi connectivity index (χ3v) is 6.52. The van der Waals surface area contributed by atoms with Crippen LogP contribution in [-0.2, 0) is 26.5 Å². The molecule has 6 aromatic heterocycles. The van der Waals surface area contributed by atoms with Gasteiger partial charge in [0.05, 0.1) is 18.5 Å². The number of aromatic nitrogens is 10. The quantitative estimate of drug-likeness (QED) is 0.251. The Morgan fingerprint density at radius 1 is 0.825 bits per heavy atom. The Kier molecular flexibility index (Phi) is 6.66. The monoisotopic (exact) mass is 705 g/mol. The third kappa shape index (κ3) is 4.29. The smallest absolute Gasteiger partial charge is 0.397 e. The summed E-state index contributed by atoms with van der Waals surface area (Å²) in [5.74, 6) is 0.866. The molecule has 0 saturated carbocycles. The number of nitriles is 1. The van der Waals surface area contributed by atoms with E-state index in [2.05, 4.69) is 53.5 Å². The first-order chi connectivity index (χ1) is 18.8. The van der Waals surface area contributed by atoms with Gasteiger partial charge in [-0.25, -0.2) is 4.85 Å². The fourth-order valence-corrected chi connectivity index (χ4v) is 4.26. The van der Waals surface area contributed by atoms with E-state index in [4.69, 9.17) is 16.5 Å². The van der Waals surface area contributed by atoms with Crippen molar-refractivity contribution in [1.29, 1.82) is 5.26 Å². The molecule has 196 valence electrons. The molecule has 12 nitrogen and oxygen atoms in total. The predicted molar refractivity (Wildman–Crippen MR) is 139 cm³/mol. The van der Waals surface area contributed by atoms with Crippen molar-refractivity contribution >= 4 is 28.0 Å². The normalized spacial score (nSPS) is 11.2. The van der Waals surface area contributed by atoms with Gasteiger partial charge in [-0.2, -0.15) is 5.26 Å². The molecule has 0 bridgehead atoms. The number of hydrogen-bond acceptors (Lipinski definition) is 9. The van der Waals surface area contributed by atoms with Gasteiger partial charge in [-0.1, -0.05) is 6.07 Å². The summed E-state index contributed by atoms with van der Waals surface area (Å²) in [5, 5.41) is 9.83. The Balaban J connectivity index is 0.00000323. The average molecular weight is 706 g/mol. The maximum absolute atomic E-state index is 9.83. The van der Waals surface area contributed by atoms with Crippen LogP contribution in [0.25, 0.3) is 38.8 Å². The van der Waals surface area contributed by atoms with E-state index in [-0.39, 0.29) is 21.1 Å². The first-order valence-corrected chi connectivity index (χ1v) is 11.8. The average Bonchev–Trinajstić information content (AvgIpc) is 3.59. The maximum atomic E-state index is 9.83. The van der Waals surface area contributed by atoms with Crippen LogP contribution in [0.2, 0.25) is 0 Å². The molecule has 6 aromatic rings. The second kappa shape index (κ2) is 9.99. The van der Waals surface area contributed by atoms with E-state index in [9.17, 15) is 5.26 Å². The fourth-order valence-electron chi connectivity index (χ4n) is 4.26. The largest absolute Gasteiger partial charge is 2.00 e. The van der Waals surface area contributed by atoms with E-state index in [1.54, 1.807) is 33.4 Å². The summed E-state index contributed by atoms with van der Waals surface area (Å²) in [7, 11) is 0. The topological polar surface area (TPSA) is 141 Å². The van der Waals surface area contributed by atoms with Gasteiger partial charge >= 0.3 is 21.1 Å². The number of pyridine rings is 2. The van der Waals surface area contributed by atoms with Crippen molar-refractivity contribution in [3.05, 3.63) is 89.3 Å². The van der Waals surface area contributed by atoms with Gasteiger partial charge in [-0.05, 0) is 45.9 Å². The molecule has 0 aromatic carbocycles. The van der Waals surface area contributed by atoms with E-state index in [1.165, 1.54) is 12.7 Å². The van der Waals surface area contributed by atoms with Gasteiger partial charge < -0.3 is 19.1 Å². The zero-order chi connectivity index (χ0) is 27.3. The Bertz CT molecular complexity index is 1870. The molecule has 0 radical (unpaired) electrons. The van der Waals surface area contributed by atoms with Crippen molar-refractivity contribution in [3.8, 4) is 17.7 Å². The van der Waals surface area contributed by atoms with Crippen molar-refractivity contribution < 1.29 is 21.1 Å². The van der Waals surface area contributed by atoms with Crippen molar-refractivity contribution in [3.63, 3.8) is 0 Å². The molecule has 0 unspecified atom stereocenters. The van der Waals surface area contributed by atoms with Crippen LogP contribution in [-0.4, -0.2) is 49.0 Å². The minimum absolute atomic E-state index is 0. The molecule has 0 aliphatic carbocycles. The molecule has 0 aliphatic heterocycles. The summed E-state index contributed by atoms with van der Waals surface area (Å²) < 4.78 is 3.21. The summed E-state index contributed by atoms with van der Waals surface area (Å²) >= 11 is 0. The van der Waals surface area contributed by atoms with Gasteiger partial charge in [-0.3, -0.25) is 29.9 Å². The Hall–Kier alpha value is -4.93. The standard InChI is InChI=1S/C27H18N12.Pt/c1-15-23-25(32-11-30-15)38(13-34-23)21-7-17(10-28)6-19(36-21)27(3,4)20-8-18(29-5)9-22(37-20)39-14-35-24-16(2)31-12-33-26(24)39;/h6-9,11-12H,1-4H3;/q-2;+2. The molecule has 0 N–H and O–H groups in total. The van der Waals surface area contributed by atoms with Gasteiger partial charge in [0.25, 0.3) is 0 Å². The molecular weight excluding hydrogens is 687 g/mol. The van der Waals surface area contributed by atoms with Crippen molar-refractivity contribution in [2.24, 2.45) is 0 Å². The third-order valence-electron chi connectivity index (χ3n) is 6.52. The number of nitrogens with zero attached hydrogens (tertiary/aromatic N) is 12. The maximum Gasteiger partial charge on any atom is 2.00 e.